The number of rotatable bonds is 9. The van der Waals surface area contributed by atoms with Gasteiger partial charge in [-0.15, -0.1) is 11.8 Å². The molecule has 0 aliphatic carbocycles. The first-order chi connectivity index (χ1) is 19.2. The lowest BCUT2D eigenvalue weighted by Gasteiger charge is -2.13. The predicted octanol–water partition coefficient (Wildman–Crippen LogP) is 6.82. The number of nitrogens with zero attached hydrogens (tertiary/aromatic N) is 1. The molecule has 0 aliphatic heterocycles. The molecule has 4 rings (SSSR count). The summed E-state index contributed by atoms with van der Waals surface area (Å²) in [6, 6.07) is 22.1. The van der Waals surface area contributed by atoms with Crippen LogP contribution in [0.15, 0.2) is 94.0 Å². The first kappa shape index (κ1) is 28.9. The zero-order valence-corrected chi connectivity index (χ0v) is 23.7. The van der Waals surface area contributed by atoms with Crippen LogP contribution in [0.1, 0.15) is 28.6 Å². The quantitative estimate of drug-likeness (QED) is 0.145. The molecule has 0 spiro atoms. The molecular weight excluding hydrogens is 571 g/mol. The van der Waals surface area contributed by atoms with Crippen molar-refractivity contribution in [2.45, 2.75) is 24.0 Å². The highest BCUT2D eigenvalue weighted by Gasteiger charge is 2.18. The molecule has 1 aromatic heterocycles. The molecule has 4 aromatic rings. The van der Waals surface area contributed by atoms with Gasteiger partial charge in [0.25, 0.3) is 11.8 Å². The molecule has 8 nitrogen and oxygen atoms in total. The highest BCUT2D eigenvalue weighted by molar-refractivity contribution is 8.00. The van der Waals surface area contributed by atoms with Crippen molar-refractivity contribution in [2.75, 3.05) is 10.6 Å². The number of hydrogen-bond donors (Lipinski definition) is 3. The Morgan fingerprint density at radius 2 is 1.60 bits per heavy atom. The van der Waals surface area contributed by atoms with Gasteiger partial charge in [0.15, 0.2) is 5.82 Å². The van der Waals surface area contributed by atoms with Gasteiger partial charge in [-0.2, -0.15) is 0 Å². The van der Waals surface area contributed by atoms with Crippen LogP contribution in [0.3, 0.4) is 0 Å². The van der Waals surface area contributed by atoms with Crippen LogP contribution in [0.25, 0.3) is 6.08 Å². The van der Waals surface area contributed by atoms with Crippen LogP contribution in [-0.4, -0.2) is 28.1 Å². The number of anilines is 2. The van der Waals surface area contributed by atoms with E-state index in [0.29, 0.717) is 38.4 Å². The van der Waals surface area contributed by atoms with E-state index in [1.54, 1.807) is 92.7 Å². The van der Waals surface area contributed by atoms with Gasteiger partial charge in [0.2, 0.25) is 5.91 Å². The van der Waals surface area contributed by atoms with Crippen molar-refractivity contribution >= 4 is 70.3 Å². The number of amides is 3. The molecule has 3 N–H and O–H groups in total. The van der Waals surface area contributed by atoms with Gasteiger partial charge in [-0.25, -0.2) is 0 Å². The number of nitrogens with one attached hydrogen (secondary N) is 3. The Hall–Kier alpha value is -4.05. The second kappa shape index (κ2) is 13.3. The zero-order valence-electron chi connectivity index (χ0n) is 21.4. The fourth-order valence-corrected chi connectivity index (χ4v) is 4.84. The smallest absolute Gasteiger partial charge is 0.272 e. The Labute approximate surface area is 245 Å². The standard InChI is InChI=1S/C29H24Cl2N4O4S/c1-17-15-26(35-39-17)34-27(36)18(2)40-21-13-11-20(12-14-21)32-29(38)25(16-22-23(30)9-6-10-24(22)31)33-28(37)19-7-4-3-5-8-19/h3-16,18H,1-2H3,(H,32,38)(H,33,37)(H,34,35,36)/b25-16-. The molecule has 1 atom stereocenters. The zero-order chi connectivity index (χ0) is 28.6. The molecule has 11 heteroatoms. The molecule has 0 saturated heterocycles. The van der Waals surface area contributed by atoms with Gasteiger partial charge < -0.3 is 20.5 Å². The number of aryl methyl sites for hydroxylation is 1. The van der Waals surface area contributed by atoms with Crippen molar-refractivity contribution in [1.82, 2.24) is 10.5 Å². The number of aromatic nitrogens is 1. The van der Waals surface area contributed by atoms with Crippen LogP contribution < -0.4 is 16.0 Å². The average Bonchev–Trinajstić information content (AvgIpc) is 3.35. The summed E-state index contributed by atoms with van der Waals surface area (Å²) in [5.74, 6) is -0.311. The van der Waals surface area contributed by atoms with Gasteiger partial charge in [-0.3, -0.25) is 14.4 Å². The summed E-state index contributed by atoms with van der Waals surface area (Å²) in [5, 5.41) is 12.1. The SMILES string of the molecule is Cc1cc(NC(=O)C(C)Sc2ccc(NC(=O)/C(=C/c3c(Cl)cccc3Cl)NC(=O)c3ccccc3)cc2)no1. The van der Waals surface area contributed by atoms with E-state index in [-0.39, 0.29) is 11.6 Å². The van der Waals surface area contributed by atoms with Crippen LogP contribution in [0.2, 0.25) is 10.0 Å². The van der Waals surface area contributed by atoms with Crippen molar-refractivity contribution in [3.8, 4) is 0 Å². The van der Waals surface area contributed by atoms with E-state index < -0.39 is 17.1 Å². The maximum absolute atomic E-state index is 13.3. The highest BCUT2D eigenvalue weighted by Crippen LogP contribution is 2.28. The summed E-state index contributed by atoms with van der Waals surface area (Å²) in [6.07, 6.45) is 1.43. The first-order valence-electron chi connectivity index (χ1n) is 12.0. The lowest BCUT2D eigenvalue weighted by molar-refractivity contribution is -0.115. The van der Waals surface area contributed by atoms with E-state index in [4.69, 9.17) is 27.7 Å². The number of benzene rings is 3. The van der Waals surface area contributed by atoms with Gasteiger partial charge in [0.05, 0.1) is 5.25 Å². The Bertz CT molecular complexity index is 1540. The normalized spacial score (nSPS) is 11.9. The Kier molecular flexibility index (Phi) is 9.65. The summed E-state index contributed by atoms with van der Waals surface area (Å²) in [4.78, 5) is 39.4. The lowest BCUT2D eigenvalue weighted by Crippen LogP contribution is -2.30. The number of thioether (sulfide) groups is 1. The van der Waals surface area contributed by atoms with E-state index in [9.17, 15) is 14.4 Å². The van der Waals surface area contributed by atoms with E-state index in [0.717, 1.165) is 4.90 Å². The molecule has 204 valence electrons. The van der Waals surface area contributed by atoms with Gasteiger partial charge in [-0.05, 0) is 68.5 Å². The maximum atomic E-state index is 13.3. The largest absolute Gasteiger partial charge is 0.360 e. The molecule has 0 aliphatic rings. The van der Waals surface area contributed by atoms with Gasteiger partial charge in [-0.1, -0.05) is 52.6 Å². The molecule has 40 heavy (non-hydrogen) atoms. The van der Waals surface area contributed by atoms with E-state index in [1.165, 1.54) is 17.8 Å². The number of halogens is 2. The van der Waals surface area contributed by atoms with Crippen molar-refractivity contribution in [2.24, 2.45) is 0 Å². The Balaban J connectivity index is 1.47. The Morgan fingerprint density at radius 1 is 0.925 bits per heavy atom. The molecule has 1 heterocycles. The number of carbonyl (C=O) groups is 3. The minimum atomic E-state index is -0.573. The van der Waals surface area contributed by atoms with Crippen LogP contribution in [0, 0.1) is 6.92 Å². The maximum Gasteiger partial charge on any atom is 0.272 e. The summed E-state index contributed by atoms with van der Waals surface area (Å²) in [7, 11) is 0. The van der Waals surface area contributed by atoms with Gasteiger partial charge in [0, 0.05) is 37.8 Å². The van der Waals surface area contributed by atoms with Crippen LogP contribution in [-0.2, 0) is 9.59 Å². The summed E-state index contributed by atoms with van der Waals surface area (Å²) in [5.41, 5.74) is 1.21. The monoisotopic (exact) mass is 594 g/mol. The average molecular weight is 596 g/mol. The fourth-order valence-electron chi connectivity index (χ4n) is 3.46. The predicted molar refractivity (Wildman–Crippen MR) is 159 cm³/mol. The molecule has 0 radical (unpaired) electrons. The van der Waals surface area contributed by atoms with Gasteiger partial charge >= 0.3 is 0 Å². The Morgan fingerprint density at radius 3 is 2.23 bits per heavy atom. The third kappa shape index (κ3) is 7.75. The molecule has 0 bridgehead atoms. The molecule has 3 aromatic carbocycles. The summed E-state index contributed by atoms with van der Waals surface area (Å²) < 4.78 is 4.97. The van der Waals surface area contributed by atoms with E-state index in [1.807, 2.05) is 0 Å². The van der Waals surface area contributed by atoms with Crippen LogP contribution in [0.4, 0.5) is 11.5 Å². The minimum Gasteiger partial charge on any atom is -0.360 e. The van der Waals surface area contributed by atoms with Crippen molar-refractivity contribution in [3.63, 3.8) is 0 Å². The fraction of sp³-hybridized carbons (Fsp3) is 0.103. The number of hydrogen-bond acceptors (Lipinski definition) is 6. The minimum absolute atomic E-state index is 0.0457. The third-order valence-electron chi connectivity index (χ3n) is 5.49. The molecule has 0 fully saturated rings. The first-order valence-corrected chi connectivity index (χ1v) is 13.7. The van der Waals surface area contributed by atoms with E-state index >= 15 is 0 Å². The van der Waals surface area contributed by atoms with Crippen molar-refractivity contribution in [3.05, 3.63) is 111 Å². The molecule has 1 unspecified atom stereocenters. The topological polar surface area (TPSA) is 113 Å². The lowest BCUT2D eigenvalue weighted by atomic mass is 10.1. The molecule has 0 saturated carbocycles. The molecule has 3 amide bonds. The van der Waals surface area contributed by atoms with Gasteiger partial charge in [0.1, 0.15) is 11.5 Å². The van der Waals surface area contributed by atoms with Crippen LogP contribution >= 0.6 is 35.0 Å². The second-order valence-corrected chi connectivity index (χ2v) is 10.8. The van der Waals surface area contributed by atoms with Crippen molar-refractivity contribution < 1.29 is 18.9 Å². The third-order valence-corrected chi connectivity index (χ3v) is 7.26. The second-order valence-electron chi connectivity index (χ2n) is 8.56. The molecular formula is C29H24Cl2N4O4S. The summed E-state index contributed by atoms with van der Waals surface area (Å²) >= 11 is 14.0. The van der Waals surface area contributed by atoms with Crippen LogP contribution in [0.5, 0.6) is 0 Å². The summed E-state index contributed by atoms with van der Waals surface area (Å²) in [6.45, 7) is 3.51. The van der Waals surface area contributed by atoms with E-state index in [2.05, 4.69) is 21.1 Å². The number of carbonyl (C=O) groups excluding carboxylic acids is 3. The highest BCUT2D eigenvalue weighted by atomic mass is 35.5. The van der Waals surface area contributed by atoms with Crippen molar-refractivity contribution in [1.29, 1.82) is 0 Å².